The summed E-state index contributed by atoms with van der Waals surface area (Å²) in [5, 5.41) is 15.3. The highest BCUT2D eigenvalue weighted by Crippen LogP contribution is 2.37. The van der Waals surface area contributed by atoms with E-state index in [1.807, 2.05) is 40.2 Å². The topological polar surface area (TPSA) is 85.5 Å². The Labute approximate surface area is 168 Å². The van der Waals surface area contributed by atoms with Gasteiger partial charge in [0.15, 0.2) is 12.0 Å². The van der Waals surface area contributed by atoms with E-state index in [-0.39, 0.29) is 0 Å². The third-order valence-electron chi connectivity index (χ3n) is 5.52. The zero-order valence-corrected chi connectivity index (χ0v) is 16.4. The molecule has 1 fully saturated rings. The molecule has 1 unspecified atom stereocenters. The molecule has 0 radical (unpaired) electrons. The minimum Gasteiger partial charge on any atom is -0.491 e. The molecule has 1 saturated carbocycles. The van der Waals surface area contributed by atoms with Gasteiger partial charge in [-0.15, -0.1) is 0 Å². The molecule has 1 aliphatic carbocycles. The predicted molar refractivity (Wildman–Crippen MR) is 107 cm³/mol. The average molecular weight is 393 g/mol. The highest BCUT2D eigenvalue weighted by Gasteiger charge is 2.31. The van der Waals surface area contributed by atoms with E-state index in [2.05, 4.69) is 10.1 Å². The largest absolute Gasteiger partial charge is 0.491 e. The first-order chi connectivity index (χ1) is 14.2. The zero-order valence-electron chi connectivity index (χ0n) is 16.4. The Morgan fingerprint density at radius 1 is 1.17 bits per heavy atom. The van der Waals surface area contributed by atoms with Crippen LogP contribution in [0.3, 0.4) is 0 Å². The number of rotatable bonds is 6. The molecular weight excluding hydrogens is 370 g/mol. The van der Waals surface area contributed by atoms with Gasteiger partial charge >= 0.3 is 0 Å². The summed E-state index contributed by atoms with van der Waals surface area (Å²) < 4.78 is 12.5. The lowest BCUT2D eigenvalue weighted by Crippen LogP contribution is -2.20. The lowest BCUT2D eigenvalue weighted by atomic mass is 10.1. The van der Waals surface area contributed by atoms with Crippen molar-refractivity contribution >= 4 is 5.69 Å². The molecule has 29 heavy (non-hydrogen) atoms. The molecule has 8 nitrogen and oxygen atoms in total. The van der Waals surface area contributed by atoms with Crippen molar-refractivity contribution in [2.24, 2.45) is 5.92 Å². The van der Waals surface area contributed by atoms with Crippen LogP contribution < -0.4 is 14.4 Å². The first kappa shape index (κ1) is 17.9. The Morgan fingerprint density at radius 2 is 2.03 bits per heavy atom. The monoisotopic (exact) mass is 393 g/mol. The fraction of sp³-hybridized carbons (Fsp3) is 0.381. The molecule has 1 aliphatic heterocycles. The second-order valence-corrected chi connectivity index (χ2v) is 7.53. The first-order valence-corrected chi connectivity index (χ1v) is 9.71. The average Bonchev–Trinajstić information content (AvgIpc) is 3.34. The van der Waals surface area contributed by atoms with Gasteiger partial charge in [-0.25, -0.2) is 4.98 Å². The van der Waals surface area contributed by atoms with Crippen LogP contribution in [-0.2, 0) is 13.1 Å². The van der Waals surface area contributed by atoms with E-state index >= 15 is 0 Å². The number of hydrogen-bond acceptors (Lipinski definition) is 7. The Balaban J connectivity index is 1.40. The molecule has 1 atom stereocenters. The van der Waals surface area contributed by atoms with Gasteiger partial charge in [-0.2, -0.15) is 5.10 Å². The van der Waals surface area contributed by atoms with Crippen LogP contribution in [0.4, 0.5) is 5.69 Å². The summed E-state index contributed by atoms with van der Waals surface area (Å²) in [6.07, 6.45) is 7.37. The summed E-state index contributed by atoms with van der Waals surface area (Å²) in [6.45, 7) is 1.48. The van der Waals surface area contributed by atoms with Gasteiger partial charge < -0.3 is 19.5 Å². The van der Waals surface area contributed by atoms with Crippen molar-refractivity contribution in [1.29, 1.82) is 0 Å². The molecule has 0 aromatic carbocycles. The van der Waals surface area contributed by atoms with Crippen molar-refractivity contribution in [2.75, 3.05) is 19.1 Å². The Morgan fingerprint density at radius 3 is 2.79 bits per heavy atom. The molecule has 0 spiro atoms. The van der Waals surface area contributed by atoms with E-state index in [4.69, 9.17) is 14.5 Å². The van der Waals surface area contributed by atoms with E-state index < -0.39 is 6.23 Å². The Bertz CT molecular complexity index is 1050. The lowest BCUT2D eigenvalue weighted by molar-refractivity contribution is 0.181. The summed E-state index contributed by atoms with van der Waals surface area (Å²) in [7, 11) is 3.14. The summed E-state index contributed by atoms with van der Waals surface area (Å²) in [5.41, 5.74) is 4.17. The van der Waals surface area contributed by atoms with Gasteiger partial charge in [0.2, 0.25) is 0 Å². The van der Waals surface area contributed by atoms with Crippen LogP contribution in [0.5, 0.6) is 11.6 Å². The van der Waals surface area contributed by atoms with Gasteiger partial charge in [-0.05, 0) is 30.9 Å². The first-order valence-electron chi connectivity index (χ1n) is 9.71. The van der Waals surface area contributed by atoms with Crippen LogP contribution in [0, 0.1) is 5.92 Å². The Kier molecular flexibility index (Phi) is 4.35. The number of ether oxygens (including phenoxy) is 2. The molecule has 2 aliphatic rings. The van der Waals surface area contributed by atoms with Crippen molar-refractivity contribution in [2.45, 2.75) is 32.2 Å². The molecule has 1 N–H and O–H groups in total. The molecule has 0 amide bonds. The number of anilines is 1. The number of fused-ring (bicyclic) bond motifs is 1. The maximum Gasteiger partial charge on any atom is 0.256 e. The number of aromatic nitrogens is 4. The summed E-state index contributed by atoms with van der Waals surface area (Å²) in [6, 6.07) is 5.67. The standard InChI is InChI=1S/C21H23N5O3/c1-28-19-7-14(8-22-20(19)29-2)17-6-5-16-18(24-17)12-26(21(16)27)15-9-23-25(11-15)10-13-3-4-13/h5-9,11,13,21,27H,3-4,10,12H2,1-2H3. The van der Waals surface area contributed by atoms with Gasteiger partial charge in [0, 0.05) is 30.1 Å². The van der Waals surface area contributed by atoms with Crippen LogP contribution in [0.25, 0.3) is 11.3 Å². The van der Waals surface area contributed by atoms with E-state index in [0.29, 0.717) is 18.2 Å². The third-order valence-corrected chi connectivity index (χ3v) is 5.52. The number of hydrogen-bond donors (Lipinski definition) is 1. The molecular formula is C21H23N5O3. The van der Waals surface area contributed by atoms with Gasteiger partial charge in [0.05, 0.1) is 44.0 Å². The van der Waals surface area contributed by atoms with Crippen molar-refractivity contribution in [3.63, 3.8) is 0 Å². The van der Waals surface area contributed by atoms with Crippen LogP contribution in [0.2, 0.25) is 0 Å². The molecule has 3 aromatic heterocycles. The molecule has 0 bridgehead atoms. The SMILES string of the molecule is COc1cc(-c2ccc3c(n2)CN(c2cnn(CC4CC4)c2)C3O)cnc1OC. The molecule has 150 valence electrons. The Hall–Kier alpha value is -3.13. The van der Waals surface area contributed by atoms with E-state index in [0.717, 1.165) is 40.7 Å². The van der Waals surface area contributed by atoms with E-state index in [9.17, 15) is 5.11 Å². The maximum absolute atomic E-state index is 10.8. The summed E-state index contributed by atoms with van der Waals surface area (Å²) in [5.74, 6) is 1.74. The van der Waals surface area contributed by atoms with Crippen molar-refractivity contribution in [3.8, 4) is 22.9 Å². The molecule has 5 rings (SSSR count). The lowest BCUT2D eigenvalue weighted by Gasteiger charge is -2.20. The summed E-state index contributed by atoms with van der Waals surface area (Å²) >= 11 is 0. The van der Waals surface area contributed by atoms with Gasteiger partial charge in [0.1, 0.15) is 0 Å². The van der Waals surface area contributed by atoms with E-state index in [1.54, 1.807) is 20.4 Å². The normalized spacial score (nSPS) is 18.0. The molecule has 4 heterocycles. The number of pyridine rings is 2. The van der Waals surface area contributed by atoms with Crippen molar-refractivity contribution in [3.05, 3.63) is 48.0 Å². The van der Waals surface area contributed by atoms with Crippen LogP contribution in [0.15, 0.2) is 36.8 Å². The zero-order chi connectivity index (χ0) is 20.0. The van der Waals surface area contributed by atoms with Crippen molar-refractivity contribution in [1.82, 2.24) is 19.7 Å². The fourth-order valence-electron chi connectivity index (χ4n) is 3.72. The quantitative estimate of drug-likeness (QED) is 0.689. The van der Waals surface area contributed by atoms with E-state index in [1.165, 1.54) is 12.8 Å². The second kappa shape index (κ2) is 7.04. The van der Waals surface area contributed by atoms with Crippen LogP contribution in [-0.4, -0.2) is 39.1 Å². The third kappa shape index (κ3) is 3.29. The van der Waals surface area contributed by atoms with Crippen LogP contribution in [0.1, 0.15) is 30.3 Å². The van der Waals surface area contributed by atoms with Gasteiger partial charge in [0.25, 0.3) is 5.88 Å². The highest BCUT2D eigenvalue weighted by molar-refractivity contribution is 5.63. The number of methoxy groups -OCH3 is 2. The number of aliphatic hydroxyl groups is 1. The van der Waals surface area contributed by atoms with Crippen LogP contribution >= 0.6 is 0 Å². The predicted octanol–water partition coefficient (Wildman–Crippen LogP) is 2.78. The smallest absolute Gasteiger partial charge is 0.256 e. The van der Waals surface area contributed by atoms with Gasteiger partial charge in [-0.1, -0.05) is 6.07 Å². The maximum atomic E-state index is 10.8. The second-order valence-electron chi connectivity index (χ2n) is 7.53. The minimum absolute atomic E-state index is 0.433. The fourth-order valence-corrected chi connectivity index (χ4v) is 3.72. The van der Waals surface area contributed by atoms with Crippen molar-refractivity contribution < 1.29 is 14.6 Å². The molecule has 0 saturated heterocycles. The molecule has 8 heteroatoms. The number of aliphatic hydroxyl groups excluding tert-OH is 1. The minimum atomic E-state index is -0.728. The van der Waals surface area contributed by atoms with Gasteiger partial charge in [-0.3, -0.25) is 9.67 Å². The number of nitrogens with zero attached hydrogens (tertiary/aromatic N) is 5. The molecule has 3 aromatic rings. The highest BCUT2D eigenvalue weighted by atomic mass is 16.5. The summed E-state index contributed by atoms with van der Waals surface area (Å²) in [4.78, 5) is 11.0.